The van der Waals surface area contributed by atoms with Gasteiger partial charge < -0.3 is 29.2 Å². The van der Waals surface area contributed by atoms with Crippen LogP contribution in [0.5, 0.6) is 28.7 Å². The SMILES string of the molecule is CC(C)Oc1cc(O)cc2c1C[C@H](O)[C@@H](c1ccc3c(c1)OC(c1ccccc1)(c1ccccc1)O3)O2. The first-order chi connectivity index (χ1) is 17.9. The van der Waals surface area contributed by atoms with Crippen LogP contribution in [0.2, 0.25) is 0 Å². The monoisotopic (exact) mass is 496 g/mol. The fourth-order valence-corrected chi connectivity index (χ4v) is 5.01. The van der Waals surface area contributed by atoms with Gasteiger partial charge in [0.15, 0.2) is 11.5 Å². The van der Waals surface area contributed by atoms with Crippen LogP contribution in [-0.4, -0.2) is 22.4 Å². The fraction of sp³-hybridized carbons (Fsp3) is 0.226. The second kappa shape index (κ2) is 9.05. The number of phenolic OH excluding ortho intramolecular Hbond substituents is 1. The van der Waals surface area contributed by atoms with Crippen molar-refractivity contribution in [3.05, 3.63) is 113 Å². The zero-order valence-corrected chi connectivity index (χ0v) is 20.6. The Labute approximate surface area is 215 Å². The van der Waals surface area contributed by atoms with E-state index < -0.39 is 18.0 Å². The largest absolute Gasteiger partial charge is 0.508 e. The van der Waals surface area contributed by atoms with E-state index in [9.17, 15) is 10.2 Å². The molecule has 0 aliphatic carbocycles. The summed E-state index contributed by atoms with van der Waals surface area (Å²) in [7, 11) is 0. The van der Waals surface area contributed by atoms with Crippen LogP contribution < -0.4 is 18.9 Å². The van der Waals surface area contributed by atoms with Crippen molar-refractivity contribution in [2.75, 3.05) is 0 Å². The molecule has 4 aromatic rings. The van der Waals surface area contributed by atoms with Gasteiger partial charge in [0.05, 0.1) is 12.2 Å². The number of phenols is 1. The molecule has 2 aliphatic heterocycles. The number of ether oxygens (including phenoxy) is 4. The van der Waals surface area contributed by atoms with Gasteiger partial charge in [-0.3, -0.25) is 0 Å². The summed E-state index contributed by atoms with van der Waals surface area (Å²) < 4.78 is 25.1. The van der Waals surface area contributed by atoms with Crippen LogP contribution in [0.15, 0.2) is 91.0 Å². The highest BCUT2D eigenvalue weighted by atomic mass is 16.7. The van der Waals surface area contributed by atoms with Gasteiger partial charge in [0.1, 0.15) is 23.4 Å². The van der Waals surface area contributed by atoms with E-state index in [1.807, 2.05) is 92.7 Å². The summed E-state index contributed by atoms with van der Waals surface area (Å²) in [6.07, 6.45) is -1.23. The molecule has 0 unspecified atom stereocenters. The second-order valence-corrected chi connectivity index (χ2v) is 9.66. The molecule has 0 saturated heterocycles. The Morgan fingerprint density at radius 2 is 1.46 bits per heavy atom. The number of aromatic hydroxyl groups is 1. The van der Waals surface area contributed by atoms with Crippen LogP contribution in [0.25, 0.3) is 0 Å². The Balaban J connectivity index is 1.35. The molecule has 0 saturated carbocycles. The van der Waals surface area contributed by atoms with Crippen molar-refractivity contribution in [1.29, 1.82) is 0 Å². The third-order valence-corrected chi connectivity index (χ3v) is 6.64. The fourth-order valence-electron chi connectivity index (χ4n) is 5.01. The molecule has 0 amide bonds. The molecule has 2 atom stereocenters. The highest BCUT2D eigenvalue weighted by Gasteiger charge is 2.46. The highest BCUT2D eigenvalue weighted by molar-refractivity contribution is 5.54. The zero-order chi connectivity index (χ0) is 25.6. The van der Waals surface area contributed by atoms with Gasteiger partial charge in [0.2, 0.25) is 0 Å². The summed E-state index contributed by atoms with van der Waals surface area (Å²) in [5.41, 5.74) is 3.22. The summed E-state index contributed by atoms with van der Waals surface area (Å²) in [6, 6.07) is 28.4. The smallest absolute Gasteiger partial charge is 0.305 e. The van der Waals surface area contributed by atoms with E-state index in [0.29, 0.717) is 29.4 Å². The number of fused-ring (bicyclic) bond motifs is 2. The molecule has 6 heteroatoms. The Morgan fingerprint density at radius 3 is 2.11 bits per heavy atom. The van der Waals surface area contributed by atoms with Crippen molar-refractivity contribution in [1.82, 2.24) is 0 Å². The summed E-state index contributed by atoms with van der Waals surface area (Å²) in [6.45, 7) is 3.83. The summed E-state index contributed by atoms with van der Waals surface area (Å²) >= 11 is 0. The molecule has 6 nitrogen and oxygen atoms in total. The van der Waals surface area contributed by atoms with Gasteiger partial charge in [-0.25, -0.2) is 0 Å². The highest BCUT2D eigenvalue weighted by Crippen LogP contribution is 2.50. The van der Waals surface area contributed by atoms with Crippen LogP contribution in [0.4, 0.5) is 0 Å². The van der Waals surface area contributed by atoms with E-state index in [-0.39, 0.29) is 11.9 Å². The van der Waals surface area contributed by atoms with E-state index in [1.54, 1.807) is 12.1 Å². The number of hydrogen-bond donors (Lipinski definition) is 2. The minimum absolute atomic E-state index is 0.0470. The van der Waals surface area contributed by atoms with Gasteiger partial charge in [-0.1, -0.05) is 66.7 Å². The number of aliphatic hydroxyl groups is 1. The predicted octanol–water partition coefficient (Wildman–Crippen LogP) is 5.89. The molecule has 0 radical (unpaired) electrons. The lowest BCUT2D eigenvalue weighted by atomic mass is 9.94. The maximum Gasteiger partial charge on any atom is 0.305 e. The first kappa shape index (κ1) is 23.3. The van der Waals surface area contributed by atoms with Crippen LogP contribution in [0.3, 0.4) is 0 Å². The Hall–Kier alpha value is -4.16. The zero-order valence-electron chi connectivity index (χ0n) is 20.6. The molecule has 37 heavy (non-hydrogen) atoms. The molecular formula is C31H28O6. The summed E-state index contributed by atoms with van der Waals surface area (Å²) in [4.78, 5) is 0. The number of benzene rings is 4. The van der Waals surface area contributed by atoms with Crippen molar-refractivity contribution < 1.29 is 29.2 Å². The maximum atomic E-state index is 11.1. The van der Waals surface area contributed by atoms with E-state index in [0.717, 1.165) is 22.3 Å². The molecule has 0 bridgehead atoms. The minimum Gasteiger partial charge on any atom is -0.508 e. The molecule has 2 aliphatic rings. The lowest BCUT2D eigenvalue weighted by molar-refractivity contribution is -0.0459. The number of hydrogen-bond acceptors (Lipinski definition) is 6. The number of rotatable bonds is 5. The summed E-state index contributed by atoms with van der Waals surface area (Å²) in [5, 5.41) is 21.3. The first-order valence-corrected chi connectivity index (χ1v) is 12.4. The predicted molar refractivity (Wildman–Crippen MR) is 138 cm³/mol. The summed E-state index contributed by atoms with van der Waals surface area (Å²) in [5.74, 6) is 1.09. The van der Waals surface area contributed by atoms with Crippen LogP contribution >= 0.6 is 0 Å². The molecule has 0 spiro atoms. The third kappa shape index (κ3) is 4.13. The van der Waals surface area contributed by atoms with Crippen molar-refractivity contribution in [2.45, 2.75) is 44.4 Å². The van der Waals surface area contributed by atoms with Crippen LogP contribution in [0, 0.1) is 0 Å². The van der Waals surface area contributed by atoms with Gasteiger partial charge in [-0.2, -0.15) is 0 Å². The van der Waals surface area contributed by atoms with Crippen LogP contribution in [0.1, 0.15) is 42.2 Å². The third-order valence-electron chi connectivity index (χ3n) is 6.64. The van der Waals surface area contributed by atoms with Gasteiger partial charge >= 0.3 is 5.79 Å². The Bertz CT molecular complexity index is 1380. The maximum absolute atomic E-state index is 11.1. The van der Waals surface area contributed by atoms with Crippen molar-refractivity contribution in [2.24, 2.45) is 0 Å². The molecule has 188 valence electrons. The van der Waals surface area contributed by atoms with E-state index >= 15 is 0 Å². The van der Waals surface area contributed by atoms with Gasteiger partial charge in [-0.05, 0) is 31.5 Å². The molecule has 2 N–H and O–H groups in total. The van der Waals surface area contributed by atoms with Gasteiger partial charge in [-0.15, -0.1) is 0 Å². The molecule has 6 rings (SSSR count). The normalized spacial score (nSPS) is 19.2. The minimum atomic E-state index is -1.13. The van der Waals surface area contributed by atoms with E-state index in [2.05, 4.69) is 0 Å². The molecular weight excluding hydrogens is 468 g/mol. The topological polar surface area (TPSA) is 77.4 Å². The molecule has 4 aromatic carbocycles. The van der Waals surface area contributed by atoms with E-state index in [1.165, 1.54) is 0 Å². The van der Waals surface area contributed by atoms with Crippen molar-refractivity contribution in [3.63, 3.8) is 0 Å². The second-order valence-electron chi connectivity index (χ2n) is 9.66. The molecule has 2 heterocycles. The van der Waals surface area contributed by atoms with Crippen molar-refractivity contribution >= 4 is 0 Å². The Kier molecular flexibility index (Phi) is 5.69. The average Bonchev–Trinajstić information content (AvgIpc) is 3.30. The van der Waals surface area contributed by atoms with Crippen molar-refractivity contribution in [3.8, 4) is 28.7 Å². The first-order valence-electron chi connectivity index (χ1n) is 12.4. The van der Waals surface area contributed by atoms with Gasteiger partial charge in [0.25, 0.3) is 0 Å². The quantitative estimate of drug-likeness (QED) is 0.359. The lowest BCUT2D eigenvalue weighted by Gasteiger charge is -2.32. The molecule has 0 aromatic heterocycles. The van der Waals surface area contributed by atoms with Crippen LogP contribution in [-0.2, 0) is 12.2 Å². The lowest BCUT2D eigenvalue weighted by Crippen LogP contribution is -2.36. The van der Waals surface area contributed by atoms with Gasteiger partial charge in [0, 0.05) is 35.2 Å². The van der Waals surface area contributed by atoms with E-state index in [4.69, 9.17) is 18.9 Å². The Morgan fingerprint density at radius 1 is 0.811 bits per heavy atom. The standard InChI is InChI=1S/C31H28O6/c1-19(2)34-27-16-23(32)17-28-24(27)18-25(33)30(35-28)20-13-14-26-29(15-20)37-31(36-26,21-9-5-3-6-10-21)22-11-7-4-8-12-22/h3-17,19,25,30,32-33H,18H2,1-2H3/t25-,30+/m0/s1. The molecule has 0 fully saturated rings. The average molecular weight is 497 g/mol. The number of aliphatic hydroxyl groups excluding tert-OH is 1.